The van der Waals surface area contributed by atoms with E-state index >= 15 is 0 Å². The maximum Gasteiger partial charge on any atom is 0.354 e. The smallest absolute Gasteiger partial charge is 0.354 e. The van der Waals surface area contributed by atoms with Crippen LogP contribution in [0.15, 0.2) is 18.2 Å². The Bertz CT molecular complexity index is 418. The Balaban J connectivity index is 1.88. The highest BCUT2D eigenvalue weighted by atomic mass is 16.4. The quantitative estimate of drug-likeness (QED) is 0.821. The zero-order chi connectivity index (χ0) is 12.4. The molecule has 1 aromatic heterocycles. The Kier molecular flexibility index (Phi) is 3.31. The Morgan fingerprint density at radius 1 is 1.59 bits per heavy atom. The molecule has 4 nitrogen and oxygen atoms in total. The van der Waals surface area contributed by atoms with Crippen molar-refractivity contribution in [2.24, 2.45) is 17.8 Å². The first kappa shape index (κ1) is 11.9. The number of anilines is 1. The summed E-state index contributed by atoms with van der Waals surface area (Å²) in [5.74, 6) is 1.93. The van der Waals surface area contributed by atoms with E-state index in [0.717, 1.165) is 18.4 Å². The second kappa shape index (κ2) is 4.73. The van der Waals surface area contributed by atoms with Crippen LogP contribution in [-0.2, 0) is 0 Å². The van der Waals surface area contributed by atoms with Gasteiger partial charge in [0.1, 0.15) is 5.82 Å². The van der Waals surface area contributed by atoms with Gasteiger partial charge in [-0.25, -0.2) is 9.78 Å². The van der Waals surface area contributed by atoms with Crippen LogP contribution in [0.4, 0.5) is 5.82 Å². The lowest BCUT2D eigenvalue weighted by Gasteiger charge is -2.07. The van der Waals surface area contributed by atoms with Crippen LogP contribution >= 0.6 is 0 Å². The third kappa shape index (κ3) is 2.96. The average molecular weight is 234 g/mol. The number of hydrogen-bond acceptors (Lipinski definition) is 3. The van der Waals surface area contributed by atoms with Gasteiger partial charge >= 0.3 is 5.97 Å². The molecule has 0 saturated heterocycles. The first-order chi connectivity index (χ1) is 8.08. The lowest BCUT2D eigenvalue weighted by molar-refractivity contribution is 0.0690. The number of hydrogen-bond donors (Lipinski definition) is 2. The average Bonchev–Trinajstić information content (AvgIpc) is 3.06. The summed E-state index contributed by atoms with van der Waals surface area (Å²) in [5.41, 5.74) is 0.0891. The molecule has 0 aromatic carbocycles. The van der Waals surface area contributed by atoms with Crippen molar-refractivity contribution in [2.75, 3.05) is 11.9 Å². The highest BCUT2D eigenvalue weighted by molar-refractivity contribution is 5.85. The molecule has 1 saturated carbocycles. The summed E-state index contributed by atoms with van der Waals surface area (Å²) in [6.07, 6.45) is 1.27. The molecule has 1 aliphatic rings. The summed E-state index contributed by atoms with van der Waals surface area (Å²) < 4.78 is 0. The van der Waals surface area contributed by atoms with E-state index in [4.69, 9.17) is 5.11 Å². The molecule has 92 valence electrons. The lowest BCUT2D eigenvalue weighted by Crippen LogP contribution is -2.09. The fraction of sp³-hybridized carbons (Fsp3) is 0.538. The normalized spacial score (nSPS) is 22.5. The second-order valence-corrected chi connectivity index (χ2v) is 5.00. The second-order valence-electron chi connectivity index (χ2n) is 5.00. The van der Waals surface area contributed by atoms with Crippen LogP contribution in [0.5, 0.6) is 0 Å². The Labute approximate surface area is 101 Å². The van der Waals surface area contributed by atoms with Gasteiger partial charge in [0.25, 0.3) is 0 Å². The number of aromatic carboxylic acids is 1. The number of nitrogens with one attached hydrogen (secondary N) is 1. The SMILES string of the molecule is CC(C)[C@@H]1C[C@H]1CNc1cccc(C(=O)O)n1. The summed E-state index contributed by atoms with van der Waals surface area (Å²) in [4.78, 5) is 14.8. The molecule has 0 unspecified atom stereocenters. The molecule has 4 heteroatoms. The van der Waals surface area contributed by atoms with Gasteiger partial charge in [-0.1, -0.05) is 19.9 Å². The molecule has 0 amide bonds. The van der Waals surface area contributed by atoms with Crippen LogP contribution < -0.4 is 5.32 Å². The van der Waals surface area contributed by atoms with E-state index in [9.17, 15) is 4.79 Å². The minimum absolute atomic E-state index is 0.0891. The first-order valence-electron chi connectivity index (χ1n) is 6.02. The van der Waals surface area contributed by atoms with Crippen molar-refractivity contribution in [1.82, 2.24) is 4.98 Å². The van der Waals surface area contributed by atoms with Crippen molar-refractivity contribution in [3.63, 3.8) is 0 Å². The van der Waals surface area contributed by atoms with Gasteiger partial charge in [-0.15, -0.1) is 0 Å². The largest absolute Gasteiger partial charge is 0.477 e. The summed E-state index contributed by atoms with van der Waals surface area (Å²) in [7, 11) is 0. The minimum Gasteiger partial charge on any atom is -0.477 e. The first-order valence-corrected chi connectivity index (χ1v) is 6.02. The highest BCUT2D eigenvalue weighted by Gasteiger charge is 2.38. The summed E-state index contributed by atoms with van der Waals surface area (Å²) in [6, 6.07) is 5.02. The predicted octanol–water partition coefficient (Wildman–Crippen LogP) is 2.48. The van der Waals surface area contributed by atoms with Crippen molar-refractivity contribution < 1.29 is 9.90 Å². The molecule has 0 bridgehead atoms. The van der Waals surface area contributed by atoms with Gasteiger partial charge in [0.2, 0.25) is 0 Å². The van der Waals surface area contributed by atoms with Gasteiger partial charge < -0.3 is 10.4 Å². The van der Waals surface area contributed by atoms with E-state index in [-0.39, 0.29) is 5.69 Å². The predicted molar refractivity (Wildman–Crippen MR) is 66.1 cm³/mol. The van der Waals surface area contributed by atoms with Crippen LogP contribution in [0.3, 0.4) is 0 Å². The minimum atomic E-state index is -0.986. The van der Waals surface area contributed by atoms with Gasteiger partial charge in [0.05, 0.1) is 0 Å². The van der Waals surface area contributed by atoms with Crippen molar-refractivity contribution in [2.45, 2.75) is 20.3 Å². The monoisotopic (exact) mass is 234 g/mol. The molecule has 0 spiro atoms. The maximum atomic E-state index is 10.8. The fourth-order valence-electron chi connectivity index (χ4n) is 2.21. The van der Waals surface area contributed by atoms with Gasteiger partial charge in [-0.2, -0.15) is 0 Å². The third-order valence-electron chi connectivity index (χ3n) is 3.35. The van der Waals surface area contributed by atoms with E-state index in [0.29, 0.717) is 11.7 Å². The molecule has 1 aromatic rings. The highest BCUT2D eigenvalue weighted by Crippen LogP contribution is 2.43. The van der Waals surface area contributed by atoms with Gasteiger partial charge in [0.15, 0.2) is 5.69 Å². The van der Waals surface area contributed by atoms with E-state index in [1.807, 2.05) is 0 Å². The Hall–Kier alpha value is -1.58. The Morgan fingerprint density at radius 2 is 2.35 bits per heavy atom. The zero-order valence-electron chi connectivity index (χ0n) is 10.2. The molecule has 17 heavy (non-hydrogen) atoms. The van der Waals surface area contributed by atoms with E-state index in [1.165, 1.54) is 12.5 Å². The fourth-order valence-corrected chi connectivity index (χ4v) is 2.21. The van der Waals surface area contributed by atoms with Crippen LogP contribution in [0.2, 0.25) is 0 Å². The van der Waals surface area contributed by atoms with Gasteiger partial charge in [-0.05, 0) is 36.3 Å². The standard InChI is InChI=1S/C13H18N2O2/c1-8(2)10-6-9(10)7-14-12-5-3-4-11(15-12)13(16)17/h3-5,8-10H,6-7H2,1-2H3,(H,14,15)(H,16,17)/t9-,10-/m0/s1. The molecule has 0 radical (unpaired) electrons. The van der Waals surface area contributed by atoms with Gasteiger partial charge in [-0.3, -0.25) is 0 Å². The number of carboxylic acids is 1. The molecule has 2 rings (SSSR count). The maximum absolute atomic E-state index is 10.8. The van der Waals surface area contributed by atoms with Crippen LogP contribution in [0.25, 0.3) is 0 Å². The number of carbonyl (C=O) groups is 1. The van der Waals surface area contributed by atoms with E-state index < -0.39 is 5.97 Å². The Morgan fingerprint density at radius 3 is 2.94 bits per heavy atom. The molecule has 2 atom stereocenters. The molecule has 1 heterocycles. The summed E-state index contributed by atoms with van der Waals surface area (Å²) in [6.45, 7) is 5.38. The molecular weight excluding hydrogens is 216 g/mol. The number of rotatable bonds is 5. The zero-order valence-corrected chi connectivity index (χ0v) is 10.2. The molecule has 0 aliphatic heterocycles. The summed E-state index contributed by atoms with van der Waals surface area (Å²) >= 11 is 0. The molecule has 1 aliphatic carbocycles. The lowest BCUT2D eigenvalue weighted by atomic mass is 10.1. The van der Waals surface area contributed by atoms with Crippen LogP contribution in [0, 0.1) is 17.8 Å². The van der Waals surface area contributed by atoms with Crippen LogP contribution in [0.1, 0.15) is 30.8 Å². The number of carboxylic acid groups (broad SMARTS) is 1. The number of aromatic nitrogens is 1. The van der Waals surface area contributed by atoms with Crippen molar-refractivity contribution in [1.29, 1.82) is 0 Å². The molecular formula is C13H18N2O2. The van der Waals surface area contributed by atoms with Crippen molar-refractivity contribution in [3.05, 3.63) is 23.9 Å². The molecule has 1 fully saturated rings. The van der Waals surface area contributed by atoms with Crippen molar-refractivity contribution >= 4 is 11.8 Å². The van der Waals surface area contributed by atoms with E-state index in [1.54, 1.807) is 12.1 Å². The summed E-state index contributed by atoms with van der Waals surface area (Å²) in [5, 5.41) is 12.0. The van der Waals surface area contributed by atoms with Crippen molar-refractivity contribution in [3.8, 4) is 0 Å². The van der Waals surface area contributed by atoms with Gasteiger partial charge in [0, 0.05) is 6.54 Å². The van der Waals surface area contributed by atoms with E-state index in [2.05, 4.69) is 24.1 Å². The third-order valence-corrected chi connectivity index (χ3v) is 3.35. The number of nitrogens with zero attached hydrogens (tertiary/aromatic N) is 1. The topological polar surface area (TPSA) is 62.2 Å². The number of pyridine rings is 1. The molecule has 2 N–H and O–H groups in total. The van der Waals surface area contributed by atoms with Crippen LogP contribution in [-0.4, -0.2) is 22.6 Å².